The number of carboxylic acids is 1. The lowest BCUT2D eigenvalue weighted by molar-refractivity contribution is 0.00695. The van der Waals surface area contributed by atoms with E-state index in [2.05, 4.69) is 0 Å². The van der Waals surface area contributed by atoms with Gasteiger partial charge in [0.25, 0.3) is 0 Å². The second-order valence-electron chi connectivity index (χ2n) is 4.72. The molecule has 98 valence electrons. The molecule has 5 nitrogen and oxygen atoms in total. The molecule has 0 fully saturated rings. The average molecular weight is 252 g/mol. The minimum absolute atomic E-state index is 0.0686. The molecule has 0 aliphatic heterocycles. The molecule has 0 aromatic heterocycles. The topological polar surface area (TPSA) is 72.8 Å². The van der Waals surface area contributed by atoms with E-state index in [-0.39, 0.29) is 16.9 Å². The lowest BCUT2D eigenvalue weighted by Gasteiger charge is -2.19. The number of aromatic carboxylic acids is 1. The third-order valence-electron chi connectivity index (χ3n) is 2.06. The van der Waals surface area contributed by atoms with Crippen molar-refractivity contribution < 1.29 is 24.2 Å². The number of rotatable bonds is 3. The van der Waals surface area contributed by atoms with Gasteiger partial charge in [0.2, 0.25) is 0 Å². The number of carboxylic acid groups (broad SMARTS) is 1. The van der Waals surface area contributed by atoms with Crippen molar-refractivity contribution in [3.05, 3.63) is 29.3 Å². The average Bonchev–Trinajstić information content (AvgIpc) is 2.25. The molecule has 0 atom stereocenters. The SMILES string of the molecule is COc1ccc(C(=O)OC(C)(C)C)cc1C(=O)O. The first-order valence-corrected chi connectivity index (χ1v) is 5.39. The normalized spacial score (nSPS) is 10.9. The Bertz CT molecular complexity index is 471. The van der Waals surface area contributed by atoms with E-state index in [9.17, 15) is 9.59 Å². The van der Waals surface area contributed by atoms with Crippen LogP contribution in [0.25, 0.3) is 0 Å². The van der Waals surface area contributed by atoms with Crippen LogP contribution in [-0.4, -0.2) is 29.8 Å². The highest BCUT2D eigenvalue weighted by atomic mass is 16.6. The fourth-order valence-electron chi connectivity index (χ4n) is 1.34. The molecule has 18 heavy (non-hydrogen) atoms. The Morgan fingerprint density at radius 2 is 1.83 bits per heavy atom. The molecule has 0 aliphatic carbocycles. The van der Waals surface area contributed by atoms with Gasteiger partial charge in [-0.3, -0.25) is 0 Å². The van der Waals surface area contributed by atoms with E-state index in [1.54, 1.807) is 20.8 Å². The van der Waals surface area contributed by atoms with Crippen LogP contribution in [0, 0.1) is 0 Å². The molecule has 1 N–H and O–H groups in total. The maximum absolute atomic E-state index is 11.8. The molecule has 0 saturated heterocycles. The molecule has 0 unspecified atom stereocenters. The summed E-state index contributed by atoms with van der Waals surface area (Å²) in [6.07, 6.45) is 0. The molecule has 5 heteroatoms. The van der Waals surface area contributed by atoms with Crippen LogP contribution in [-0.2, 0) is 4.74 Å². The van der Waals surface area contributed by atoms with Crippen molar-refractivity contribution in [3.8, 4) is 5.75 Å². The summed E-state index contributed by atoms with van der Waals surface area (Å²) in [6, 6.07) is 4.15. The van der Waals surface area contributed by atoms with Crippen LogP contribution < -0.4 is 4.74 Å². The van der Waals surface area contributed by atoms with Crippen LogP contribution in [0.15, 0.2) is 18.2 Å². The number of methoxy groups -OCH3 is 1. The Labute approximate surface area is 105 Å². The fraction of sp³-hybridized carbons (Fsp3) is 0.385. The van der Waals surface area contributed by atoms with Crippen LogP contribution in [0.4, 0.5) is 0 Å². The second-order valence-corrected chi connectivity index (χ2v) is 4.72. The Morgan fingerprint density at radius 1 is 1.22 bits per heavy atom. The van der Waals surface area contributed by atoms with E-state index < -0.39 is 17.5 Å². The standard InChI is InChI=1S/C13H16O5/c1-13(2,3)18-12(16)8-5-6-10(17-4)9(7-8)11(14)15/h5-7H,1-4H3,(H,14,15). The van der Waals surface area contributed by atoms with E-state index in [0.717, 1.165) is 0 Å². The molecule has 1 aromatic rings. The van der Waals surface area contributed by atoms with Crippen molar-refractivity contribution in [2.45, 2.75) is 26.4 Å². The molecule has 0 radical (unpaired) electrons. The van der Waals surface area contributed by atoms with Crippen molar-refractivity contribution in [2.75, 3.05) is 7.11 Å². The molecular weight excluding hydrogens is 236 g/mol. The van der Waals surface area contributed by atoms with Crippen molar-refractivity contribution >= 4 is 11.9 Å². The van der Waals surface area contributed by atoms with Crippen LogP contribution in [0.5, 0.6) is 5.75 Å². The zero-order valence-corrected chi connectivity index (χ0v) is 10.8. The zero-order valence-electron chi connectivity index (χ0n) is 10.8. The summed E-state index contributed by atoms with van der Waals surface area (Å²) < 4.78 is 10.1. The van der Waals surface area contributed by atoms with Gasteiger partial charge in [0.05, 0.1) is 12.7 Å². The van der Waals surface area contributed by atoms with Gasteiger partial charge in [-0.15, -0.1) is 0 Å². The molecule has 0 bridgehead atoms. The first kappa shape index (κ1) is 14.0. The highest BCUT2D eigenvalue weighted by Gasteiger charge is 2.20. The van der Waals surface area contributed by atoms with Crippen molar-refractivity contribution in [2.24, 2.45) is 0 Å². The number of carbonyl (C=O) groups is 2. The summed E-state index contributed by atoms with van der Waals surface area (Å²) in [5.74, 6) is -1.51. The molecule has 0 spiro atoms. The van der Waals surface area contributed by atoms with Gasteiger partial charge < -0.3 is 14.6 Å². The summed E-state index contributed by atoms with van der Waals surface area (Å²) in [7, 11) is 1.37. The van der Waals surface area contributed by atoms with Gasteiger partial charge >= 0.3 is 11.9 Å². The molecule has 0 aliphatic rings. The third kappa shape index (κ3) is 3.48. The third-order valence-corrected chi connectivity index (χ3v) is 2.06. The van der Waals surface area contributed by atoms with Gasteiger partial charge in [0, 0.05) is 0 Å². The summed E-state index contributed by atoms with van der Waals surface area (Å²) >= 11 is 0. The minimum atomic E-state index is -1.16. The van der Waals surface area contributed by atoms with Crippen LogP contribution in [0.3, 0.4) is 0 Å². The van der Waals surface area contributed by atoms with Gasteiger partial charge in [-0.25, -0.2) is 9.59 Å². The highest BCUT2D eigenvalue weighted by molar-refractivity contribution is 5.96. The van der Waals surface area contributed by atoms with E-state index in [1.807, 2.05) is 0 Å². The van der Waals surface area contributed by atoms with Crippen LogP contribution in [0.1, 0.15) is 41.5 Å². The van der Waals surface area contributed by atoms with E-state index in [1.165, 1.54) is 25.3 Å². The Morgan fingerprint density at radius 3 is 2.28 bits per heavy atom. The summed E-state index contributed by atoms with van der Waals surface area (Å²) in [5, 5.41) is 9.00. The lowest BCUT2D eigenvalue weighted by Crippen LogP contribution is -2.24. The van der Waals surface area contributed by atoms with Crippen molar-refractivity contribution in [1.82, 2.24) is 0 Å². The van der Waals surface area contributed by atoms with Gasteiger partial charge in [-0.05, 0) is 39.0 Å². The monoisotopic (exact) mass is 252 g/mol. The predicted molar refractivity (Wildman–Crippen MR) is 65.1 cm³/mol. The van der Waals surface area contributed by atoms with Crippen LogP contribution in [0.2, 0.25) is 0 Å². The number of ether oxygens (including phenoxy) is 2. The zero-order chi connectivity index (χ0) is 13.9. The van der Waals surface area contributed by atoms with Gasteiger partial charge in [-0.1, -0.05) is 0 Å². The molecule has 0 saturated carbocycles. The first-order chi connectivity index (χ1) is 8.24. The lowest BCUT2D eigenvalue weighted by atomic mass is 10.1. The summed E-state index contributed by atoms with van der Waals surface area (Å²) in [6.45, 7) is 5.23. The summed E-state index contributed by atoms with van der Waals surface area (Å²) in [5.41, 5.74) is -0.510. The Balaban J connectivity index is 3.09. The maximum Gasteiger partial charge on any atom is 0.339 e. The second kappa shape index (κ2) is 5.08. The molecule has 0 amide bonds. The number of hydrogen-bond donors (Lipinski definition) is 1. The molecule has 1 aromatic carbocycles. The maximum atomic E-state index is 11.8. The highest BCUT2D eigenvalue weighted by Crippen LogP contribution is 2.21. The molecule has 1 rings (SSSR count). The summed E-state index contributed by atoms with van der Waals surface area (Å²) in [4.78, 5) is 22.8. The van der Waals surface area contributed by atoms with Gasteiger partial charge in [0.15, 0.2) is 0 Å². The predicted octanol–water partition coefficient (Wildman–Crippen LogP) is 2.35. The number of esters is 1. The smallest absolute Gasteiger partial charge is 0.339 e. The van der Waals surface area contributed by atoms with E-state index >= 15 is 0 Å². The number of carbonyl (C=O) groups excluding carboxylic acids is 1. The minimum Gasteiger partial charge on any atom is -0.496 e. The van der Waals surface area contributed by atoms with E-state index in [0.29, 0.717) is 0 Å². The van der Waals surface area contributed by atoms with Gasteiger partial charge in [-0.2, -0.15) is 0 Å². The number of hydrogen-bond acceptors (Lipinski definition) is 4. The van der Waals surface area contributed by atoms with Crippen molar-refractivity contribution in [3.63, 3.8) is 0 Å². The quantitative estimate of drug-likeness (QED) is 0.836. The molecular formula is C13H16O5. The first-order valence-electron chi connectivity index (χ1n) is 5.39. The Kier molecular flexibility index (Phi) is 3.96. The largest absolute Gasteiger partial charge is 0.496 e. The van der Waals surface area contributed by atoms with E-state index in [4.69, 9.17) is 14.6 Å². The molecule has 0 heterocycles. The Hall–Kier alpha value is -2.04. The van der Waals surface area contributed by atoms with Crippen molar-refractivity contribution in [1.29, 1.82) is 0 Å². The fourth-order valence-corrected chi connectivity index (χ4v) is 1.34. The van der Waals surface area contributed by atoms with Crippen LogP contribution >= 0.6 is 0 Å². The van der Waals surface area contributed by atoms with Gasteiger partial charge in [0.1, 0.15) is 16.9 Å². The number of benzene rings is 1.